The Kier molecular flexibility index (Phi) is 3.43. The van der Waals surface area contributed by atoms with Crippen molar-refractivity contribution in [3.8, 4) is 0 Å². The number of aliphatic hydroxyl groups is 1. The molecule has 2 unspecified atom stereocenters. The molecular weight excluding hydrogens is 246 g/mol. The quantitative estimate of drug-likeness (QED) is 0.894. The standard InChI is InChI=1S/C13H17N3OS/c17-10-3-1-2-9(6-10)7-14-13-12-11(4-5-18-12)15-8-16-13/h4-5,8-10,17H,1-3,6-7H2,(H,14,15,16). The third kappa shape index (κ3) is 2.47. The maximum absolute atomic E-state index is 9.66. The minimum atomic E-state index is -0.113. The van der Waals surface area contributed by atoms with E-state index in [9.17, 15) is 5.11 Å². The summed E-state index contributed by atoms with van der Waals surface area (Å²) in [5, 5.41) is 15.1. The van der Waals surface area contributed by atoms with Gasteiger partial charge in [-0.1, -0.05) is 6.42 Å². The number of anilines is 1. The smallest absolute Gasteiger partial charge is 0.147 e. The molecule has 2 heterocycles. The first-order chi connectivity index (χ1) is 8.83. The maximum Gasteiger partial charge on any atom is 0.147 e. The summed E-state index contributed by atoms with van der Waals surface area (Å²) >= 11 is 1.66. The maximum atomic E-state index is 9.66. The molecule has 2 N–H and O–H groups in total. The lowest BCUT2D eigenvalue weighted by Gasteiger charge is -2.26. The van der Waals surface area contributed by atoms with Gasteiger partial charge in [-0.3, -0.25) is 0 Å². The molecule has 2 aromatic rings. The van der Waals surface area contributed by atoms with Gasteiger partial charge in [-0.2, -0.15) is 0 Å². The number of aromatic nitrogens is 2. The lowest BCUT2D eigenvalue weighted by molar-refractivity contribution is 0.104. The van der Waals surface area contributed by atoms with Crippen molar-refractivity contribution in [3.05, 3.63) is 17.8 Å². The van der Waals surface area contributed by atoms with Crippen LogP contribution in [0.5, 0.6) is 0 Å². The number of aliphatic hydroxyl groups excluding tert-OH is 1. The predicted molar refractivity (Wildman–Crippen MR) is 73.9 cm³/mol. The molecule has 2 atom stereocenters. The SMILES string of the molecule is OC1CCCC(CNc2ncnc3ccsc23)C1. The van der Waals surface area contributed by atoms with E-state index < -0.39 is 0 Å². The zero-order chi connectivity index (χ0) is 12.4. The fourth-order valence-electron chi connectivity index (χ4n) is 2.60. The molecule has 96 valence electrons. The van der Waals surface area contributed by atoms with E-state index in [1.807, 2.05) is 11.4 Å². The highest BCUT2D eigenvalue weighted by Crippen LogP contribution is 2.27. The molecule has 0 aliphatic heterocycles. The summed E-state index contributed by atoms with van der Waals surface area (Å²) < 4.78 is 1.12. The van der Waals surface area contributed by atoms with Gasteiger partial charge in [-0.25, -0.2) is 9.97 Å². The van der Waals surface area contributed by atoms with Gasteiger partial charge in [0.1, 0.15) is 12.1 Å². The van der Waals surface area contributed by atoms with Crippen molar-refractivity contribution in [2.75, 3.05) is 11.9 Å². The molecule has 5 heteroatoms. The van der Waals surface area contributed by atoms with E-state index in [1.165, 1.54) is 6.42 Å². The van der Waals surface area contributed by atoms with Crippen LogP contribution in [0, 0.1) is 5.92 Å². The van der Waals surface area contributed by atoms with Crippen LogP contribution >= 0.6 is 11.3 Å². The zero-order valence-corrected chi connectivity index (χ0v) is 11.0. The molecular formula is C13H17N3OS. The molecule has 4 nitrogen and oxygen atoms in total. The van der Waals surface area contributed by atoms with E-state index in [0.717, 1.165) is 41.8 Å². The number of hydrogen-bond acceptors (Lipinski definition) is 5. The van der Waals surface area contributed by atoms with Crippen LogP contribution in [0.4, 0.5) is 5.82 Å². The van der Waals surface area contributed by atoms with Gasteiger partial charge in [-0.05, 0) is 36.6 Å². The Balaban J connectivity index is 1.67. The molecule has 0 radical (unpaired) electrons. The van der Waals surface area contributed by atoms with Crippen molar-refractivity contribution in [1.29, 1.82) is 0 Å². The zero-order valence-electron chi connectivity index (χ0n) is 10.2. The van der Waals surface area contributed by atoms with Crippen LogP contribution in [0.1, 0.15) is 25.7 Å². The Hall–Kier alpha value is -1.20. The van der Waals surface area contributed by atoms with E-state index in [0.29, 0.717) is 5.92 Å². The van der Waals surface area contributed by atoms with Crippen LogP contribution in [0.15, 0.2) is 17.8 Å². The van der Waals surface area contributed by atoms with E-state index >= 15 is 0 Å². The Morgan fingerprint density at radius 2 is 2.33 bits per heavy atom. The average molecular weight is 263 g/mol. The van der Waals surface area contributed by atoms with Crippen molar-refractivity contribution >= 4 is 27.4 Å². The Morgan fingerprint density at radius 1 is 1.39 bits per heavy atom. The predicted octanol–water partition coefficient (Wildman–Crippen LogP) is 2.65. The van der Waals surface area contributed by atoms with Crippen LogP contribution in [0.2, 0.25) is 0 Å². The van der Waals surface area contributed by atoms with E-state index in [-0.39, 0.29) is 6.10 Å². The van der Waals surface area contributed by atoms with Crippen LogP contribution in [-0.2, 0) is 0 Å². The molecule has 1 aliphatic carbocycles. The minimum absolute atomic E-state index is 0.113. The molecule has 3 rings (SSSR count). The third-order valence-electron chi connectivity index (χ3n) is 3.56. The second-order valence-corrected chi connectivity index (χ2v) is 5.84. The summed E-state index contributed by atoms with van der Waals surface area (Å²) in [4.78, 5) is 8.54. The highest BCUT2D eigenvalue weighted by Gasteiger charge is 2.20. The Bertz CT molecular complexity index is 528. The van der Waals surface area contributed by atoms with Gasteiger partial charge < -0.3 is 10.4 Å². The van der Waals surface area contributed by atoms with Crippen LogP contribution in [0.3, 0.4) is 0 Å². The number of fused-ring (bicyclic) bond motifs is 1. The summed E-state index contributed by atoms with van der Waals surface area (Å²) in [6.45, 7) is 0.890. The second-order valence-electron chi connectivity index (χ2n) is 4.92. The monoisotopic (exact) mass is 263 g/mol. The van der Waals surface area contributed by atoms with Crippen molar-refractivity contribution in [3.63, 3.8) is 0 Å². The first-order valence-electron chi connectivity index (χ1n) is 6.43. The number of nitrogens with zero attached hydrogens (tertiary/aromatic N) is 2. The highest BCUT2D eigenvalue weighted by atomic mass is 32.1. The largest absolute Gasteiger partial charge is 0.393 e. The number of hydrogen-bond donors (Lipinski definition) is 2. The van der Waals surface area contributed by atoms with Gasteiger partial charge >= 0.3 is 0 Å². The van der Waals surface area contributed by atoms with Crippen molar-refractivity contribution < 1.29 is 5.11 Å². The summed E-state index contributed by atoms with van der Waals surface area (Å²) in [6, 6.07) is 2.01. The molecule has 1 saturated carbocycles. The highest BCUT2D eigenvalue weighted by molar-refractivity contribution is 7.17. The summed E-state index contributed by atoms with van der Waals surface area (Å²) in [5.41, 5.74) is 1.00. The number of thiophene rings is 1. The van der Waals surface area contributed by atoms with Crippen LogP contribution < -0.4 is 5.32 Å². The molecule has 1 fully saturated rings. The topological polar surface area (TPSA) is 58.0 Å². The molecule has 0 bridgehead atoms. The minimum Gasteiger partial charge on any atom is -0.393 e. The first kappa shape index (κ1) is 11.9. The van der Waals surface area contributed by atoms with Gasteiger partial charge in [0.15, 0.2) is 0 Å². The van der Waals surface area contributed by atoms with Gasteiger partial charge in [-0.15, -0.1) is 11.3 Å². The Labute approximate surface area is 110 Å². The molecule has 0 aromatic carbocycles. The van der Waals surface area contributed by atoms with E-state index in [1.54, 1.807) is 17.7 Å². The number of rotatable bonds is 3. The fourth-order valence-corrected chi connectivity index (χ4v) is 3.41. The second kappa shape index (κ2) is 5.20. The van der Waals surface area contributed by atoms with E-state index in [4.69, 9.17) is 0 Å². The molecule has 0 spiro atoms. The fraction of sp³-hybridized carbons (Fsp3) is 0.538. The van der Waals surface area contributed by atoms with Gasteiger partial charge in [0.25, 0.3) is 0 Å². The number of nitrogens with one attached hydrogen (secondary N) is 1. The molecule has 2 aromatic heterocycles. The first-order valence-corrected chi connectivity index (χ1v) is 7.31. The average Bonchev–Trinajstić information content (AvgIpc) is 2.85. The van der Waals surface area contributed by atoms with E-state index in [2.05, 4.69) is 15.3 Å². The van der Waals surface area contributed by atoms with Gasteiger partial charge in [0.05, 0.1) is 16.3 Å². The summed E-state index contributed by atoms with van der Waals surface area (Å²) in [5.74, 6) is 1.48. The van der Waals surface area contributed by atoms with Crippen molar-refractivity contribution in [2.45, 2.75) is 31.8 Å². The summed E-state index contributed by atoms with van der Waals surface area (Å²) in [7, 11) is 0. The molecule has 18 heavy (non-hydrogen) atoms. The lowest BCUT2D eigenvalue weighted by Crippen LogP contribution is -2.25. The normalized spacial score (nSPS) is 24.3. The molecule has 0 amide bonds. The lowest BCUT2D eigenvalue weighted by atomic mass is 9.87. The van der Waals surface area contributed by atoms with Crippen molar-refractivity contribution in [2.24, 2.45) is 5.92 Å². The molecule has 0 saturated heterocycles. The van der Waals surface area contributed by atoms with Crippen molar-refractivity contribution in [1.82, 2.24) is 9.97 Å². The Morgan fingerprint density at radius 3 is 3.22 bits per heavy atom. The van der Waals surface area contributed by atoms with Gasteiger partial charge in [0, 0.05) is 6.54 Å². The third-order valence-corrected chi connectivity index (χ3v) is 4.47. The summed E-state index contributed by atoms with van der Waals surface area (Å²) in [6.07, 6.45) is 5.68. The molecule has 1 aliphatic rings. The van der Waals surface area contributed by atoms with Crippen LogP contribution in [0.25, 0.3) is 10.2 Å². The van der Waals surface area contributed by atoms with Crippen LogP contribution in [-0.4, -0.2) is 27.7 Å². The van der Waals surface area contributed by atoms with Gasteiger partial charge in [0.2, 0.25) is 0 Å².